The minimum absolute atomic E-state index is 0.0621. The number of aryl methyl sites for hydroxylation is 1. The molecule has 2 atom stereocenters. The van der Waals surface area contributed by atoms with Gasteiger partial charge in [-0.3, -0.25) is 9.59 Å². The molecule has 0 radical (unpaired) electrons. The molecule has 1 fully saturated rings. The zero-order valence-corrected chi connectivity index (χ0v) is 11.0. The van der Waals surface area contributed by atoms with Gasteiger partial charge in [0.2, 0.25) is 0 Å². The molecule has 5 heteroatoms. The van der Waals surface area contributed by atoms with Gasteiger partial charge in [-0.25, -0.2) is 0 Å². The van der Waals surface area contributed by atoms with Crippen molar-refractivity contribution in [3.63, 3.8) is 0 Å². The third-order valence-electron chi connectivity index (χ3n) is 3.20. The Morgan fingerprint density at radius 2 is 1.94 bits per heavy atom. The Labute approximate surface area is 106 Å². The molecule has 98 valence electrons. The van der Waals surface area contributed by atoms with E-state index in [4.69, 9.17) is 0 Å². The Morgan fingerprint density at radius 3 is 2.50 bits per heavy atom. The zero-order chi connectivity index (χ0) is 13.3. The van der Waals surface area contributed by atoms with Gasteiger partial charge in [0.05, 0.1) is 0 Å². The van der Waals surface area contributed by atoms with Gasteiger partial charge in [-0.05, 0) is 19.9 Å². The lowest BCUT2D eigenvalue weighted by Gasteiger charge is -2.36. The van der Waals surface area contributed by atoms with Crippen LogP contribution in [0.5, 0.6) is 0 Å². The first-order valence-corrected chi connectivity index (χ1v) is 6.19. The molecule has 1 aliphatic heterocycles. The first kappa shape index (κ1) is 12.8. The molecule has 0 aliphatic carbocycles. The summed E-state index contributed by atoms with van der Waals surface area (Å²) in [7, 11) is 1.67. The molecule has 1 saturated heterocycles. The molecule has 1 aromatic heterocycles. The quantitative estimate of drug-likeness (QED) is 0.774. The van der Waals surface area contributed by atoms with Gasteiger partial charge in [0.25, 0.3) is 11.5 Å². The van der Waals surface area contributed by atoms with Crippen LogP contribution in [0.15, 0.2) is 23.1 Å². The standard InChI is InChI=1S/C13H19N3O2/c1-9-7-16(8-10(2)14-9)13(18)11-4-5-15(3)12(17)6-11/h4-6,9-10,14H,7-8H2,1-3H3/t9-,10-/m0/s1. The van der Waals surface area contributed by atoms with Crippen molar-refractivity contribution in [1.82, 2.24) is 14.8 Å². The molecule has 1 N–H and O–H groups in total. The second-order valence-corrected chi connectivity index (χ2v) is 5.04. The van der Waals surface area contributed by atoms with E-state index in [1.54, 1.807) is 24.2 Å². The highest BCUT2D eigenvalue weighted by Crippen LogP contribution is 2.09. The summed E-state index contributed by atoms with van der Waals surface area (Å²) in [5.41, 5.74) is 0.316. The van der Waals surface area contributed by atoms with E-state index < -0.39 is 0 Å². The predicted octanol–water partition coefficient (Wildman–Crippen LogP) is 0.208. The maximum atomic E-state index is 12.3. The summed E-state index contributed by atoms with van der Waals surface area (Å²) in [5, 5.41) is 3.38. The maximum Gasteiger partial charge on any atom is 0.254 e. The van der Waals surface area contributed by atoms with Crippen molar-refractivity contribution < 1.29 is 4.79 Å². The van der Waals surface area contributed by atoms with E-state index in [1.165, 1.54) is 10.6 Å². The van der Waals surface area contributed by atoms with Crippen LogP contribution in [0.1, 0.15) is 24.2 Å². The first-order chi connectivity index (χ1) is 8.47. The Morgan fingerprint density at radius 1 is 1.33 bits per heavy atom. The molecule has 2 rings (SSSR count). The molecule has 1 aliphatic rings. The second kappa shape index (κ2) is 4.94. The number of carbonyl (C=O) groups excluding carboxylic acids is 1. The molecule has 0 bridgehead atoms. The van der Waals surface area contributed by atoms with Crippen LogP contribution >= 0.6 is 0 Å². The summed E-state index contributed by atoms with van der Waals surface area (Å²) in [6, 6.07) is 3.66. The summed E-state index contributed by atoms with van der Waals surface area (Å²) >= 11 is 0. The fraction of sp³-hybridized carbons (Fsp3) is 0.538. The molecule has 0 aromatic carbocycles. The lowest BCUT2D eigenvalue weighted by molar-refractivity contribution is 0.0673. The first-order valence-electron chi connectivity index (χ1n) is 6.19. The number of amides is 1. The van der Waals surface area contributed by atoms with Crippen molar-refractivity contribution in [2.45, 2.75) is 25.9 Å². The van der Waals surface area contributed by atoms with Crippen LogP contribution in [-0.4, -0.2) is 40.5 Å². The fourth-order valence-electron chi connectivity index (χ4n) is 2.36. The van der Waals surface area contributed by atoms with Crippen LogP contribution in [0, 0.1) is 0 Å². The molecule has 1 amide bonds. The van der Waals surface area contributed by atoms with Crippen LogP contribution in [0.4, 0.5) is 0 Å². The van der Waals surface area contributed by atoms with Crippen molar-refractivity contribution in [3.05, 3.63) is 34.2 Å². The van der Waals surface area contributed by atoms with E-state index in [0.29, 0.717) is 18.7 Å². The van der Waals surface area contributed by atoms with Gasteiger partial charge in [0.1, 0.15) is 0 Å². The van der Waals surface area contributed by atoms with Gasteiger partial charge in [0.15, 0.2) is 0 Å². The number of hydrogen-bond donors (Lipinski definition) is 1. The average molecular weight is 249 g/mol. The monoisotopic (exact) mass is 249 g/mol. The summed E-state index contributed by atoms with van der Waals surface area (Å²) in [5.74, 6) is -0.0621. The zero-order valence-electron chi connectivity index (χ0n) is 11.0. The van der Waals surface area contributed by atoms with Gasteiger partial charge in [-0.2, -0.15) is 0 Å². The average Bonchev–Trinajstić information content (AvgIpc) is 2.30. The second-order valence-electron chi connectivity index (χ2n) is 5.04. The summed E-state index contributed by atoms with van der Waals surface area (Å²) in [6.07, 6.45) is 1.63. The fourth-order valence-corrected chi connectivity index (χ4v) is 2.36. The highest BCUT2D eigenvalue weighted by Gasteiger charge is 2.25. The lowest BCUT2D eigenvalue weighted by atomic mass is 10.1. The number of pyridine rings is 1. The highest BCUT2D eigenvalue weighted by atomic mass is 16.2. The largest absolute Gasteiger partial charge is 0.336 e. The number of carbonyl (C=O) groups is 1. The number of rotatable bonds is 1. The molecule has 2 heterocycles. The van der Waals surface area contributed by atoms with Gasteiger partial charge < -0.3 is 14.8 Å². The van der Waals surface area contributed by atoms with Crippen molar-refractivity contribution in [2.75, 3.05) is 13.1 Å². The molecule has 0 saturated carbocycles. The lowest BCUT2D eigenvalue weighted by Crippen LogP contribution is -2.55. The number of hydrogen-bond acceptors (Lipinski definition) is 3. The highest BCUT2D eigenvalue weighted by molar-refractivity contribution is 5.94. The van der Waals surface area contributed by atoms with Crippen LogP contribution in [0.25, 0.3) is 0 Å². The Bertz CT molecular complexity index is 499. The van der Waals surface area contributed by atoms with E-state index in [1.807, 2.05) is 0 Å². The van der Waals surface area contributed by atoms with E-state index in [0.717, 1.165) is 0 Å². The van der Waals surface area contributed by atoms with E-state index in [2.05, 4.69) is 19.2 Å². The number of piperazine rings is 1. The van der Waals surface area contributed by atoms with Gasteiger partial charge in [-0.15, -0.1) is 0 Å². The molecule has 1 aromatic rings. The SMILES string of the molecule is C[C@H]1CN(C(=O)c2ccn(C)c(=O)c2)C[C@H](C)N1. The van der Waals surface area contributed by atoms with E-state index in [9.17, 15) is 9.59 Å². The summed E-state index contributed by atoms with van der Waals surface area (Å²) in [4.78, 5) is 25.6. The Kier molecular flexibility index (Phi) is 3.52. The van der Waals surface area contributed by atoms with Crippen LogP contribution in [0.3, 0.4) is 0 Å². The third-order valence-corrected chi connectivity index (χ3v) is 3.20. The minimum Gasteiger partial charge on any atom is -0.336 e. The summed E-state index contributed by atoms with van der Waals surface area (Å²) in [6.45, 7) is 5.47. The molecular formula is C13H19N3O2. The summed E-state index contributed by atoms with van der Waals surface area (Å²) < 4.78 is 1.46. The molecule has 0 spiro atoms. The van der Waals surface area contributed by atoms with Gasteiger partial charge in [-0.1, -0.05) is 0 Å². The van der Waals surface area contributed by atoms with Crippen molar-refractivity contribution in [3.8, 4) is 0 Å². The van der Waals surface area contributed by atoms with Crippen LogP contribution in [0.2, 0.25) is 0 Å². The normalized spacial score (nSPS) is 24.1. The topological polar surface area (TPSA) is 54.3 Å². The molecule has 0 unspecified atom stereocenters. The maximum absolute atomic E-state index is 12.3. The molecular weight excluding hydrogens is 230 g/mol. The predicted molar refractivity (Wildman–Crippen MR) is 69.6 cm³/mol. The van der Waals surface area contributed by atoms with Crippen molar-refractivity contribution in [1.29, 1.82) is 0 Å². The van der Waals surface area contributed by atoms with Crippen molar-refractivity contribution in [2.24, 2.45) is 7.05 Å². The smallest absolute Gasteiger partial charge is 0.254 e. The van der Waals surface area contributed by atoms with Gasteiger partial charge in [0, 0.05) is 50.0 Å². The van der Waals surface area contributed by atoms with Gasteiger partial charge >= 0.3 is 0 Å². The van der Waals surface area contributed by atoms with Crippen molar-refractivity contribution >= 4 is 5.91 Å². The van der Waals surface area contributed by atoms with Crippen LogP contribution in [-0.2, 0) is 7.05 Å². The third kappa shape index (κ3) is 2.61. The van der Waals surface area contributed by atoms with Crippen LogP contribution < -0.4 is 10.9 Å². The molecule has 5 nitrogen and oxygen atoms in total. The Balaban J connectivity index is 2.20. The number of nitrogens with zero attached hydrogens (tertiary/aromatic N) is 2. The number of nitrogens with one attached hydrogen (secondary N) is 1. The molecule has 18 heavy (non-hydrogen) atoms. The van der Waals surface area contributed by atoms with E-state index in [-0.39, 0.29) is 23.6 Å². The minimum atomic E-state index is -0.155. The Hall–Kier alpha value is -1.62. The van der Waals surface area contributed by atoms with E-state index >= 15 is 0 Å². The number of aromatic nitrogens is 1.